The highest BCUT2D eigenvalue weighted by atomic mass is 32.2. The quantitative estimate of drug-likeness (QED) is 0.298. The molecule has 0 bridgehead atoms. The molecule has 1 saturated heterocycles. The van der Waals surface area contributed by atoms with Crippen molar-refractivity contribution in [3.05, 3.63) is 99.5 Å². The second kappa shape index (κ2) is 11.4. The number of ether oxygens (including phenoxy) is 2. The molecule has 3 aromatic carbocycles. The van der Waals surface area contributed by atoms with E-state index in [1.54, 1.807) is 18.2 Å². The van der Waals surface area contributed by atoms with E-state index in [4.69, 9.17) is 9.47 Å². The van der Waals surface area contributed by atoms with Gasteiger partial charge in [0.2, 0.25) is 0 Å². The number of nitrogens with zero attached hydrogens (tertiary/aromatic N) is 1. The van der Waals surface area contributed by atoms with Gasteiger partial charge in [0, 0.05) is 12.6 Å². The van der Waals surface area contributed by atoms with Crippen molar-refractivity contribution >= 4 is 28.9 Å². The van der Waals surface area contributed by atoms with Crippen molar-refractivity contribution < 1.29 is 40.6 Å². The van der Waals surface area contributed by atoms with Crippen LogP contribution in [0.5, 0.6) is 11.5 Å². The lowest BCUT2D eigenvalue weighted by Gasteiger charge is -2.18. The van der Waals surface area contributed by atoms with Gasteiger partial charge in [-0.15, -0.1) is 0 Å². The molecule has 1 heterocycles. The van der Waals surface area contributed by atoms with Crippen molar-refractivity contribution in [3.8, 4) is 11.5 Å². The van der Waals surface area contributed by atoms with Crippen LogP contribution in [0, 0.1) is 0 Å². The van der Waals surface area contributed by atoms with E-state index in [-0.39, 0.29) is 29.4 Å². The fourth-order valence-corrected chi connectivity index (χ4v) is 4.41. The Balaban J connectivity index is 1.64. The summed E-state index contributed by atoms with van der Waals surface area (Å²) in [6, 6.07) is 15.2. The fraction of sp³-hybridized carbons (Fsp3) is 0.185. The van der Waals surface area contributed by atoms with E-state index in [2.05, 4.69) is 10.3 Å². The standard InChI is InChI=1S/C27H20F6N2O3S/c1-34-24-23(39-25(36)35-24)12-17-7-10-21(22(11-17)37-14-16-5-3-2-4-6-16)38-15-18-8-9-19(26(28,29)30)13-20(18)27(31,32)33/h2-13H,14-15H2,1H3,(H,34,35,36)/b23-12-. The molecule has 0 aromatic heterocycles. The minimum absolute atomic E-state index is 0.0717. The zero-order chi connectivity index (χ0) is 28.2. The molecule has 0 radical (unpaired) electrons. The largest absolute Gasteiger partial charge is 0.485 e. The Morgan fingerprint density at radius 3 is 2.26 bits per heavy atom. The van der Waals surface area contributed by atoms with Crippen molar-refractivity contribution in [2.24, 2.45) is 4.99 Å². The minimum atomic E-state index is -5.02. The number of rotatable bonds is 7. The van der Waals surface area contributed by atoms with E-state index in [1.165, 1.54) is 13.1 Å². The predicted octanol–water partition coefficient (Wildman–Crippen LogP) is 7.71. The maximum atomic E-state index is 13.6. The number of aliphatic imine (C=N–C) groups is 1. The molecule has 1 fully saturated rings. The number of benzene rings is 3. The Hall–Kier alpha value is -3.93. The lowest BCUT2D eigenvalue weighted by Crippen LogP contribution is -2.18. The molecule has 3 aromatic rings. The molecule has 0 aliphatic carbocycles. The first-order chi connectivity index (χ1) is 18.4. The SMILES string of the molecule is CN=C1NC(=O)S/C1=C\c1ccc(OCc2ccc(C(F)(F)F)cc2C(F)(F)F)c(OCc2ccccc2)c1. The Bertz CT molecular complexity index is 1420. The van der Waals surface area contributed by atoms with Crippen LogP contribution in [0.1, 0.15) is 27.8 Å². The van der Waals surface area contributed by atoms with Crippen molar-refractivity contribution in [1.82, 2.24) is 5.32 Å². The molecule has 12 heteroatoms. The number of amides is 1. The first-order valence-corrected chi connectivity index (χ1v) is 12.1. The number of carbonyl (C=O) groups excluding carboxylic acids is 1. The summed E-state index contributed by atoms with van der Waals surface area (Å²) in [7, 11) is 1.52. The van der Waals surface area contributed by atoms with E-state index in [0.717, 1.165) is 23.4 Å². The molecule has 0 atom stereocenters. The summed E-state index contributed by atoms with van der Waals surface area (Å²) in [4.78, 5) is 16.3. The van der Waals surface area contributed by atoms with Crippen LogP contribution in [0.25, 0.3) is 6.08 Å². The van der Waals surface area contributed by atoms with Gasteiger partial charge in [0.05, 0.1) is 16.0 Å². The van der Waals surface area contributed by atoms with E-state index in [0.29, 0.717) is 22.4 Å². The third kappa shape index (κ3) is 7.14. The molecule has 1 aliphatic heterocycles. The zero-order valence-electron chi connectivity index (χ0n) is 20.2. The van der Waals surface area contributed by atoms with Gasteiger partial charge < -0.3 is 14.8 Å². The molecule has 0 unspecified atom stereocenters. The van der Waals surface area contributed by atoms with Crippen LogP contribution < -0.4 is 14.8 Å². The number of amidine groups is 1. The maximum Gasteiger partial charge on any atom is 0.416 e. The van der Waals surface area contributed by atoms with Crippen molar-refractivity contribution in [2.75, 3.05) is 7.05 Å². The summed E-state index contributed by atoms with van der Waals surface area (Å²) >= 11 is 0.949. The molecular weight excluding hydrogens is 546 g/mol. The van der Waals surface area contributed by atoms with Crippen LogP contribution in [-0.4, -0.2) is 18.1 Å². The van der Waals surface area contributed by atoms with Crippen LogP contribution in [0.4, 0.5) is 31.1 Å². The summed E-state index contributed by atoms with van der Waals surface area (Å²) in [5.41, 5.74) is -1.90. The summed E-state index contributed by atoms with van der Waals surface area (Å²) in [6.07, 6.45) is -8.27. The summed E-state index contributed by atoms with van der Waals surface area (Å²) in [6.45, 7) is -0.544. The minimum Gasteiger partial charge on any atom is -0.485 e. The van der Waals surface area contributed by atoms with Crippen molar-refractivity contribution in [3.63, 3.8) is 0 Å². The molecule has 0 spiro atoms. The lowest BCUT2D eigenvalue weighted by molar-refractivity contribution is -0.143. The Morgan fingerprint density at radius 1 is 0.872 bits per heavy atom. The predicted molar refractivity (Wildman–Crippen MR) is 135 cm³/mol. The zero-order valence-corrected chi connectivity index (χ0v) is 21.0. The van der Waals surface area contributed by atoms with Crippen LogP contribution in [0.15, 0.2) is 76.6 Å². The maximum absolute atomic E-state index is 13.6. The number of thioether (sulfide) groups is 1. The monoisotopic (exact) mass is 566 g/mol. The average Bonchev–Trinajstić information content (AvgIpc) is 3.25. The molecule has 1 N–H and O–H groups in total. The van der Waals surface area contributed by atoms with E-state index >= 15 is 0 Å². The van der Waals surface area contributed by atoms with Crippen LogP contribution >= 0.6 is 11.8 Å². The second-order valence-electron chi connectivity index (χ2n) is 8.23. The molecule has 39 heavy (non-hydrogen) atoms. The van der Waals surface area contributed by atoms with E-state index in [1.807, 2.05) is 30.3 Å². The smallest absolute Gasteiger partial charge is 0.416 e. The van der Waals surface area contributed by atoms with Gasteiger partial charge in [-0.1, -0.05) is 42.5 Å². The molecular formula is C27H20F6N2O3S. The number of alkyl halides is 6. The van der Waals surface area contributed by atoms with Gasteiger partial charge in [0.1, 0.15) is 19.0 Å². The third-order valence-electron chi connectivity index (χ3n) is 5.51. The van der Waals surface area contributed by atoms with Gasteiger partial charge in [-0.3, -0.25) is 9.79 Å². The highest BCUT2D eigenvalue weighted by molar-refractivity contribution is 8.18. The Kier molecular flexibility index (Phi) is 8.24. The molecule has 0 saturated carbocycles. The van der Waals surface area contributed by atoms with Gasteiger partial charge in [0.25, 0.3) is 5.24 Å². The summed E-state index contributed by atoms with van der Waals surface area (Å²) in [5.74, 6) is 0.656. The average molecular weight is 567 g/mol. The van der Waals surface area contributed by atoms with Gasteiger partial charge >= 0.3 is 12.4 Å². The van der Waals surface area contributed by atoms with Gasteiger partial charge in [-0.05, 0) is 53.2 Å². The number of carbonyl (C=O) groups is 1. The van der Waals surface area contributed by atoms with Gasteiger partial charge in [-0.2, -0.15) is 26.3 Å². The highest BCUT2D eigenvalue weighted by Crippen LogP contribution is 2.39. The molecule has 4 rings (SSSR count). The molecule has 1 aliphatic rings. The lowest BCUT2D eigenvalue weighted by atomic mass is 10.0. The third-order valence-corrected chi connectivity index (χ3v) is 6.33. The van der Waals surface area contributed by atoms with Crippen molar-refractivity contribution in [1.29, 1.82) is 0 Å². The van der Waals surface area contributed by atoms with Crippen LogP contribution in [0.3, 0.4) is 0 Å². The van der Waals surface area contributed by atoms with E-state index in [9.17, 15) is 31.1 Å². The topological polar surface area (TPSA) is 59.9 Å². The summed E-state index contributed by atoms with van der Waals surface area (Å²) in [5, 5.41) is 2.31. The first-order valence-electron chi connectivity index (χ1n) is 11.3. The fourth-order valence-electron chi connectivity index (χ4n) is 3.63. The molecule has 204 valence electrons. The molecule has 1 amide bonds. The van der Waals surface area contributed by atoms with Gasteiger partial charge in [-0.25, -0.2) is 0 Å². The van der Waals surface area contributed by atoms with Crippen molar-refractivity contribution in [2.45, 2.75) is 25.6 Å². The van der Waals surface area contributed by atoms with Crippen LogP contribution in [0.2, 0.25) is 0 Å². The highest BCUT2D eigenvalue weighted by Gasteiger charge is 2.38. The molecule has 5 nitrogen and oxygen atoms in total. The normalized spacial score (nSPS) is 16.0. The number of hydrogen-bond donors (Lipinski definition) is 1. The van der Waals surface area contributed by atoms with E-state index < -0.39 is 35.6 Å². The number of nitrogens with one attached hydrogen (secondary N) is 1. The van der Waals surface area contributed by atoms with Gasteiger partial charge in [0.15, 0.2) is 11.5 Å². The Morgan fingerprint density at radius 2 is 1.59 bits per heavy atom. The second-order valence-corrected chi connectivity index (χ2v) is 9.25. The number of hydrogen-bond acceptors (Lipinski definition) is 5. The van der Waals surface area contributed by atoms with Crippen LogP contribution in [-0.2, 0) is 25.6 Å². The Labute approximate surface area is 223 Å². The number of halogens is 6. The first kappa shape index (κ1) is 28.1. The summed E-state index contributed by atoms with van der Waals surface area (Å²) < 4.78 is 91.3.